The quantitative estimate of drug-likeness (QED) is 0.569. The third-order valence-electron chi connectivity index (χ3n) is 2.72. The van der Waals surface area contributed by atoms with Crippen molar-refractivity contribution in [3.63, 3.8) is 0 Å². The minimum atomic E-state index is -4.71. The molecule has 0 radical (unpaired) electrons. The molecule has 23 heavy (non-hydrogen) atoms. The number of fused-ring (bicyclic) bond motifs is 1. The molecule has 0 saturated carbocycles. The van der Waals surface area contributed by atoms with Gasteiger partial charge in [0.1, 0.15) is 17.6 Å². The summed E-state index contributed by atoms with van der Waals surface area (Å²) < 4.78 is 39.9. The molecule has 0 aliphatic heterocycles. The second-order valence-corrected chi connectivity index (χ2v) is 4.31. The first kappa shape index (κ1) is 14.8. The zero-order valence-electron chi connectivity index (χ0n) is 11.4. The summed E-state index contributed by atoms with van der Waals surface area (Å²) >= 11 is 0. The fourth-order valence-electron chi connectivity index (χ4n) is 1.77. The number of anilines is 1. The molecule has 0 atom stereocenters. The van der Waals surface area contributed by atoms with Gasteiger partial charge in [-0.1, -0.05) is 0 Å². The van der Waals surface area contributed by atoms with Crippen LogP contribution in [0.5, 0.6) is 5.75 Å². The van der Waals surface area contributed by atoms with E-state index in [0.717, 1.165) is 0 Å². The molecular formula is C13H9F3N6O. The Labute approximate surface area is 127 Å². The molecule has 2 aromatic heterocycles. The topological polar surface area (TPSA) is 88.1 Å². The Hall–Kier alpha value is -3.17. The van der Waals surface area contributed by atoms with Crippen LogP contribution in [0, 0.1) is 0 Å². The zero-order chi connectivity index (χ0) is 16.3. The summed E-state index contributed by atoms with van der Waals surface area (Å²) in [5.74, 6) is 0.137. The van der Waals surface area contributed by atoms with Crippen molar-refractivity contribution < 1.29 is 17.9 Å². The second-order valence-electron chi connectivity index (χ2n) is 4.31. The third kappa shape index (κ3) is 3.73. The minimum absolute atomic E-state index is 0.294. The average molecular weight is 322 g/mol. The number of imidazole rings is 1. The number of benzene rings is 1. The zero-order valence-corrected chi connectivity index (χ0v) is 11.4. The summed E-state index contributed by atoms with van der Waals surface area (Å²) in [6.45, 7) is 0. The lowest BCUT2D eigenvalue weighted by atomic mass is 10.2. The number of aromatic amines is 1. The first-order valence-corrected chi connectivity index (χ1v) is 6.30. The standard InChI is InChI=1S/C13H9F3N6O/c14-13(15,16)23-9-3-1-8(2-4-9)5-21-22-12-10-11(18-6-17-10)19-7-20-12/h1-7H,(H2,17,18,19,20,22)/b21-5-. The van der Waals surface area contributed by atoms with Crippen LogP contribution in [0.1, 0.15) is 5.56 Å². The number of hydrogen-bond acceptors (Lipinski definition) is 6. The number of ether oxygens (including phenoxy) is 1. The Morgan fingerprint density at radius 1 is 1.13 bits per heavy atom. The first-order valence-electron chi connectivity index (χ1n) is 6.30. The molecule has 2 heterocycles. The van der Waals surface area contributed by atoms with Gasteiger partial charge in [0.05, 0.1) is 12.5 Å². The molecule has 10 heteroatoms. The van der Waals surface area contributed by atoms with E-state index in [9.17, 15) is 13.2 Å². The number of nitrogens with one attached hydrogen (secondary N) is 2. The molecule has 0 saturated heterocycles. The minimum Gasteiger partial charge on any atom is -0.406 e. The van der Waals surface area contributed by atoms with Gasteiger partial charge >= 0.3 is 6.36 Å². The number of aromatic nitrogens is 4. The van der Waals surface area contributed by atoms with E-state index in [-0.39, 0.29) is 5.75 Å². The molecule has 7 nitrogen and oxygen atoms in total. The number of halogens is 3. The van der Waals surface area contributed by atoms with Gasteiger partial charge in [-0.3, -0.25) is 5.43 Å². The van der Waals surface area contributed by atoms with Gasteiger partial charge in [-0.2, -0.15) is 5.10 Å². The molecule has 0 spiro atoms. The van der Waals surface area contributed by atoms with Crippen LogP contribution >= 0.6 is 0 Å². The van der Waals surface area contributed by atoms with Crippen LogP contribution in [0.25, 0.3) is 11.2 Å². The van der Waals surface area contributed by atoms with E-state index >= 15 is 0 Å². The summed E-state index contributed by atoms with van der Waals surface area (Å²) in [6.07, 6.45) is -0.459. The van der Waals surface area contributed by atoms with E-state index in [1.807, 2.05) is 0 Å². The predicted molar refractivity (Wildman–Crippen MR) is 76.0 cm³/mol. The van der Waals surface area contributed by atoms with Gasteiger partial charge in [0, 0.05) is 0 Å². The number of alkyl halides is 3. The number of hydrazone groups is 1. The largest absolute Gasteiger partial charge is 0.573 e. The fourth-order valence-corrected chi connectivity index (χ4v) is 1.77. The van der Waals surface area contributed by atoms with Gasteiger partial charge in [-0.15, -0.1) is 13.2 Å². The van der Waals surface area contributed by atoms with Gasteiger partial charge in [-0.05, 0) is 29.8 Å². The number of hydrogen-bond donors (Lipinski definition) is 2. The molecule has 3 aromatic rings. The van der Waals surface area contributed by atoms with Crippen LogP contribution < -0.4 is 10.2 Å². The smallest absolute Gasteiger partial charge is 0.406 e. The molecule has 0 unspecified atom stereocenters. The number of H-pyrrole nitrogens is 1. The first-order chi connectivity index (χ1) is 11.0. The lowest BCUT2D eigenvalue weighted by molar-refractivity contribution is -0.274. The van der Waals surface area contributed by atoms with Crippen molar-refractivity contribution >= 4 is 23.2 Å². The van der Waals surface area contributed by atoms with E-state index < -0.39 is 6.36 Å². The molecule has 0 fully saturated rings. The van der Waals surface area contributed by atoms with Crippen molar-refractivity contribution in [3.8, 4) is 5.75 Å². The van der Waals surface area contributed by atoms with Crippen molar-refractivity contribution in [3.05, 3.63) is 42.5 Å². The fraction of sp³-hybridized carbons (Fsp3) is 0.0769. The monoisotopic (exact) mass is 322 g/mol. The van der Waals surface area contributed by atoms with Crippen molar-refractivity contribution in [2.45, 2.75) is 6.36 Å². The highest BCUT2D eigenvalue weighted by atomic mass is 19.4. The van der Waals surface area contributed by atoms with E-state index in [4.69, 9.17) is 0 Å². The molecular weight excluding hydrogens is 313 g/mol. The van der Waals surface area contributed by atoms with E-state index in [0.29, 0.717) is 22.5 Å². The Morgan fingerprint density at radius 3 is 2.65 bits per heavy atom. The average Bonchev–Trinajstić information content (AvgIpc) is 2.97. The third-order valence-corrected chi connectivity index (χ3v) is 2.72. The maximum Gasteiger partial charge on any atom is 0.573 e. The van der Waals surface area contributed by atoms with Crippen molar-refractivity contribution in [2.75, 3.05) is 5.43 Å². The van der Waals surface area contributed by atoms with Crippen molar-refractivity contribution in [1.82, 2.24) is 19.9 Å². The molecule has 0 amide bonds. The van der Waals surface area contributed by atoms with Gasteiger partial charge < -0.3 is 9.72 Å². The van der Waals surface area contributed by atoms with Crippen LogP contribution in [0.3, 0.4) is 0 Å². The maximum atomic E-state index is 12.1. The maximum absolute atomic E-state index is 12.1. The van der Waals surface area contributed by atoms with E-state index in [1.165, 1.54) is 43.1 Å². The molecule has 3 rings (SSSR count). The summed E-state index contributed by atoms with van der Waals surface area (Å²) in [5.41, 5.74) is 4.38. The van der Waals surface area contributed by atoms with Crippen LogP contribution in [-0.4, -0.2) is 32.5 Å². The van der Waals surface area contributed by atoms with E-state index in [1.54, 1.807) is 0 Å². The van der Waals surface area contributed by atoms with Crippen LogP contribution in [0.4, 0.5) is 19.0 Å². The van der Waals surface area contributed by atoms with Crippen LogP contribution in [-0.2, 0) is 0 Å². The van der Waals surface area contributed by atoms with Crippen molar-refractivity contribution in [1.29, 1.82) is 0 Å². The second kappa shape index (κ2) is 5.91. The highest BCUT2D eigenvalue weighted by Gasteiger charge is 2.30. The normalized spacial score (nSPS) is 12.0. The predicted octanol–water partition coefficient (Wildman–Crippen LogP) is 2.70. The van der Waals surface area contributed by atoms with Gasteiger partial charge in [-0.25, -0.2) is 15.0 Å². The lowest BCUT2D eigenvalue weighted by Crippen LogP contribution is -2.17. The van der Waals surface area contributed by atoms with Gasteiger partial charge in [0.15, 0.2) is 11.5 Å². The molecule has 1 aromatic carbocycles. The van der Waals surface area contributed by atoms with Crippen LogP contribution in [0.2, 0.25) is 0 Å². The Morgan fingerprint density at radius 2 is 1.91 bits per heavy atom. The summed E-state index contributed by atoms with van der Waals surface area (Å²) in [5, 5.41) is 3.97. The Kier molecular flexibility index (Phi) is 3.79. The highest BCUT2D eigenvalue weighted by Crippen LogP contribution is 2.22. The number of nitrogens with zero attached hydrogens (tertiary/aromatic N) is 4. The summed E-state index contributed by atoms with van der Waals surface area (Å²) in [6, 6.07) is 5.29. The van der Waals surface area contributed by atoms with E-state index in [2.05, 4.69) is 35.2 Å². The summed E-state index contributed by atoms with van der Waals surface area (Å²) in [7, 11) is 0. The molecule has 2 N–H and O–H groups in total. The van der Waals surface area contributed by atoms with Crippen LogP contribution in [0.15, 0.2) is 42.0 Å². The molecule has 0 bridgehead atoms. The Balaban J connectivity index is 1.67. The van der Waals surface area contributed by atoms with Gasteiger partial charge in [0.2, 0.25) is 0 Å². The molecule has 0 aliphatic rings. The van der Waals surface area contributed by atoms with Crippen molar-refractivity contribution in [2.24, 2.45) is 5.10 Å². The SMILES string of the molecule is FC(F)(F)Oc1ccc(/C=N\Nc2ncnc3nc[nH]c23)cc1. The Bertz CT molecular complexity index is 828. The molecule has 0 aliphatic carbocycles. The lowest BCUT2D eigenvalue weighted by Gasteiger charge is -2.08. The number of rotatable bonds is 4. The molecule has 118 valence electrons. The van der Waals surface area contributed by atoms with Gasteiger partial charge in [0.25, 0.3) is 0 Å². The highest BCUT2D eigenvalue weighted by molar-refractivity contribution is 5.84. The summed E-state index contributed by atoms with van der Waals surface area (Å²) in [4.78, 5) is 14.8.